The van der Waals surface area contributed by atoms with Gasteiger partial charge in [0.1, 0.15) is 0 Å². The zero-order valence-electron chi connectivity index (χ0n) is 13.0. The van der Waals surface area contributed by atoms with E-state index >= 15 is 0 Å². The van der Waals surface area contributed by atoms with Gasteiger partial charge in [-0.1, -0.05) is 20.8 Å². The van der Waals surface area contributed by atoms with Crippen LogP contribution >= 0.6 is 0 Å². The number of rotatable bonds is 4. The average molecular weight is 280 g/mol. The van der Waals surface area contributed by atoms with Crippen LogP contribution < -0.4 is 0 Å². The van der Waals surface area contributed by atoms with Crippen molar-refractivity contribution in [1.82, 2.24) is 0 Å². The lowest BCUT2D eigenvalue weighted by molar-refractivity contribution is -0.199. The van der Waals surface area contributed by atoms with Crippen LogP contribution in [0.25, 0.3) is 0 Å². The third-order valence-electron chi connectivity index (χ3n) is 5.94. The zero-order valence-corrected chi connectivity index (χ0v) is 13.0. The third kappa shape index (κ3) is 2.49. The van der Waals surface area contributed by atoms with Gasteiger partial charge in [0.15, 0.2) is 0 Å². The largest absolute Gasteiger partial charge is 0.481 e. The van der Waals surface area contributed by atoms with Crippen molar-refractivity contribution in [3.8, 4) is 0 Å². The van der Waals surface area contributed by atoms with Crippen molar-refractivity contribution < 1.29 is 14.6 Å². The first-order chi connectivity index (χ1) is 9.29. The van der Waals surface area contributed by atoms with Gasteiger partial charge in [-0.05, 0) is 61.2 Å². The number of carboxylic acids is 1. The Morgan fingerprint density at radius 3 is 2.30 bits per heavy atom. The Labute approximate surface area is 122 Å². The van der Waals surface area contributed by atoms with E-state index in [1.54, 1.807) is 0 Å². The normalized spacial score (nSPS) is 43.0. The quantitative estimate of drug-likeness (QED) is 0.853. The number of hydrogen-bond acceptors (Lipinski definition) is 2. The highest BCUT2D eigenvalue weighted by molar-refractivity contribution is 5.66. The molecule has 3 nitrogen and oxygen atoms in total. The summed E-state index contributed by atoms with van der Waals surface area (Å²) in [6, 6.07) is 0. The molecule has 3 heteroatoms. The first-order valence-electron chi connectivity index (χ1n) is 8.15. The fourth-order valence-electron chi connectivity index (χ4n) is 5.90. The van der Waals surface area contributed by atoms with Crippen LogP contribution in [-0.4, -0.2) is 23.3 Å². The molecule has 20 heavy (non-hydrogen) atoms. The van der Waals surface area contributed by atoms with Crippen LogP contribution in [-0.2, 0) is 9.53 Å². The molecular weight excluding hydrogens is 252 g/mol. The van der Waals surface area contributed by atoms with Crippen molar-refractivity contribution in [3.05, 3.63) is 0 Å². The minimum absolute atomic E-state index is 0.0215. The molecule has 0 heterocycles. The predicted molar refractivity (Wildman–Crippen MR) is 77.4 cm³/mol. The van der Waals surface area contributed by atoms with Gasteiger partial charge < -0.3 is 9.84 Å². The molecule has 4 aliphatic rings. The minimum atomic E-state index is -0.748. The summed E-state index contributed by atoms with van der Waals surface area (Å²) in [6.45, 7) is 7.55. The maximum Gasteiger partial charge on any atom is 0.305 e. The fourth-order valence-corrected chi connectivity index (χ4v) is 5.90. The number of carbonyl (C=O) groups is 1. The lowest BCUT2D eigenvalue weighted by Gasteiger charge is -2.62. The van der Waals surface area contributed by atoms with Gasteiger partial charge in [-0.15, -0.1) is 0 Å². The molecule has 0 aromatic heterocycles. The number of aliphatic carboxylic acids is 1. The van der Waals surface area contributed by atoms with E-state index in [1.165, 1.54) is 32.1 Å². The van der Waals surface area contributed by atoms with E-state index in [0.717, 1.165) is 23.7 Å². The molecular formula is C17H28O3. The maximum atomic E-state index is 10.7. The molecule has 0 saturated heterocycles. The van der Waals surface area contributed by atoms with Gasteiger partial charge in [0.05, 0.1) is 18.6 Å². The highest BCUT2D eigenvalue weighted by Crippen LogP contribution is 2.63. The van der Waals surface area contributed by atoms with Gasteiger partial charge in [-0.3, -0.25) is 4.79 Å². The molecule has 2 unspecified atom stereocenters. The van der Waals surface area contributed by atoms with Gasteiger partial charge in [-0.2, -0.15) is 0 Å². The van der Waals surface area contributed by atoms with Gasteiger partial charge >= 0.3 is 5.97 Å². The second-order valence-corrected chi connectivity index (χ2v) is 8.54. The minimum Gasteiger partial charge on any atom is -0.481 e. The van der Waals surface area contributed by atoms with E-state index in [9.17, 15) is 4.79 Å². The molecule has 4 bridgehead atoms. The van der Waals surface area contributed by atoms with Gasteiger partial charge in [0, 0.05) is 0 Å². The molecule has 1 N–H and O–H groups in total. The van der Waals surface area contributed by atoms with E-state index in [2.05, 4.69) is 20.8 Å². The van der Waals surface area contributed by atoms with Crippen LogP contribution in [0.3, 0.4) is 0 Å². The monoisotopic (exact) mass is 280 g/mol. The number of carboxylic acid groups (broad SMARTS) is 1. The summed E-state index contributed by atoms with van der Waals surface area (Å²) >= 11 is 0. The molecule has 4 rings (SSSR count). The molecule has 0 amide bonds. The Hall–Kier alpha value is -0.570. The zero-order chi connectivity index (χ0) is 14.5. The van der Waals surface area contributed by atoms with Crippen LogP contribution in [0.5, 0.6) is 0 Å². The molecule has 0 radical (unpaired) electrons. The Morgan fingerprint density at radius 2 is 1.80 bits per heavy atom. The highest BCUT2D eigenvalue weighted by Gasteiger charge is 2.58. The van der Waals surface area contributed by atoms with Crippen LogP contribution in [0, 0.1) is 29.1 Å². The van der Waals surface area contributed by atoms with Crippen molar-refractivity contribution in [2.24, 2.45) is 29.1 Å². The predicted octanol–water partition coefficient (Wildman–Crippen LogP) is 3.72. The molecule has 4 fully saturated rings. The molecule has 2 atom stereocenters. The molecule has 4 saturated carbocycles. The average Bonchev–Trinajstić information content (AvgIpc) is 2.23. The van der Waals surface area contributed by atoms with Crippen LogP contribution in [0.4, 0.5) is 0 Å². The van der Waals surface area contributed by atoms with E-state index in [-0.39, 0.29) is 12.0 Å². The first kappa shape index (κ1) is 14.4. The lowest BCUT2D eigenvalue weighted by atomic mass is 9.46. The van der Waals surface area contributed by atoms with E-state index in [0.29, 0.717) is 12.0 Å². The van der Waals surface area contributed by atoms with Crippen molar-refractivity contribution >= 4 is 5.97 Å². The molecule has 114 valence electrons. The standard InChI is InChI=1S/C17H28O3/c1-16(2,3)15-12-6-11-7-13(15)10-17(8-11,9-12)20-5-4-14(18)19/h11-13,15H,4-10H2,1-3H3,(H,18,19). The molecule has 0 aromatic carbocycles. The van der Waals surface area contributed by atoms with Crippen LogP contribution in [0.2, 0.25) is 0 Å². The summed E-state index contributed by atoms with van der Waals surface area (Å²) in [7, 11) is 0. The van der Waals surface area contributed by atoms with Gasteiger partial charge in [0.25, 0.3) is 0 Å². The second-order valence-electron chi connectivity index (χ2n) is 8.54. The smallest absolute Gasteiger partial charge is 0.305 e. The summed E-state index contributed by atoms with van der Waals surface area (Å²) in [4.78, 5) is 10.7. The summed E-state index contributed by atoms with van der Waals surface area (Å²) in [6.07, 6.45) is 6.41. The first-order valence-corrected chi connectivity index (χ1v) is 8.15. The van der Waals surface area contributed by atoms with E-state index in [4.69, 9.17) is 9.84 Å². The number of hydrogen-bond donors (Lipinski definition) is 1. The van der Waals surface area contributed by atoms with Crippen molar-refractivity contribution in [1.29, 1.82) is 0 Å². The highest BCUT2D eigenvalue weighted by atomic mass is 16.5. The van der Waals surface area contributed by atoms with Crippen molar-refractivity contribution in [2.75, 3.05) is 6.61 Å². The third-order valence-corrected chi connectivity index (χ3v) is 5.94. The molecule has 0 spiro atoms. The van der Waals surface area contributed by atoms with Crippen molar-refractivity contribution in [2.45, 2.75) is 64.9 Å². The Balaban J connectivity index is 1.71. The summed E-state index contributed by atoms with van der Waals surface area (Å²) < 4.78 is 6.13. The van der Waals surface area contributed by atoms with E-state index in [1.807, 2.05) is 0 Å². The Morgan fingerprint density at radius 1 is 1.20 bits per heavy atom. The van der Waals surface area contributed by atoms with E-state index < -0.39 is 5.97 Å². The Kier molecular flexibility index (Phi) is 3.39. The van der Waals surface area contributed by atoms with Gasteiger partial charge in [0.2, 0.25) is 0 Å². The summed E-state index contributed by atoms with van der Waals surface area (Å²) in [5.74, 6) is 2.51. The second kappa shape index (κ2) is 4.72. The maximum absolute atomic E-state index is 10.7. The SMILES string of the molecule is CC(C)(C)C1C2CC3CC1CC(OCCC(=O)O)(C3)C2. The van der Waals surface area contributed by atoms with Crippen LogP contribution in [0.15, 0.2) is 0 Å². The molecule has 0 aliphatic heterocycles. The van der Waals surface area contributed by atoms with Crippen molar-refractivity contribution in [3.63, 3.8) is 0 Å². The molecule has 0 aromatic rings. The lowest BCUT2D eigenvalue weighted by Crippen LogP contribution is -2.58. The van der Waals surface area contributed by atoms with Gasteiger partial charge in [-0.25, -0.2) is 0 Å². The number of ether oxygens (including phenoxy) is 1. The topological polar surface area (TPSA) is 46.5 Å². The summed E-state index contributed by atoms with van der Waals surface area (Å²) in [5.41, 5.74) is 0.415. The fraction of sp³-hybridized carbons (Fsp3) is 0.941. The molecule has 4 aliphatic carbocycles. The summed E-state index contributed by atoms with van der Waals surface area (Å²) in [5, 5.41) is 8.80. The Bertz CT molecular complexity index is 380. The van der Waals surface area contributed by atoms with Crippen LogP contribution in [0.1, 0.15) is 59.3 Å².